The zero-order valence-corrected chi connectivity index (χ0v) is 20.2. The summed E-state index contributed by atoms with van der Waals surface area (Å²) in [5.74, 6) is 0.310. The van der Waals surface area contributed by atoms with E-state index in [-0.39, 0.29) is 10.6 Å². The van der Waals surface area contributed by atoms with Gasteiger partial charge in [0, 0.05) is 19.5 Å². The van der Waals surface area contributed by atoms with Gasteiger partial charge in [0.15, 0.2) is 0 Å². The monoisotopic (exact) mass is 465 g/mol. The van der Waals surface area contributed by atoms with Crippen LogP contribution in [0.25, 0.3) is 5.69 Å². The van der Waals surface area contributed by atoms with Gasteiger partial charge in [-0.25, -0.2) is 4.68 Å². The number of hydrogen-bond acceptors (Lipinski definition) is 3. The van der Waals surface area contributed by atoms with Gasteiger partial charge in [-0.3, -0.25) is 19.2 Å². The van der Waals surface area contributed by atoms with Gasteiger partial charge in [0.05, 0.1) is 16.8 Å². The van der Waals surface area contributed by atoms with Crippen LogP contribution >= 0.6 is 11.6 Å². The molecule has 0 N–H and O–H groups in total. The number of hydrogen-bond donors (Lipinski definition) is 0. The molecule has 5 nitrogen and oxygen atoms in total. The highest BCUT2D eigenvalue weighted by Crippen LogP contribution is 2.38. The quantitative estimate of drug-likeness (QED) is 0.458. The highest BCUT2D eigenvalue weighted by Gasteiger charge is 2.41. The molecule has 1 fully saturated rings. The Morgan fingerprint density at radius 1 is 0.970 bits per heavy atom. The summed E-state index contributed by atoms with van der Waals surface area (Å²) < 4.78 is 3.72. The molecule has 174 valence electrons. The van der Waals surface area contributed by atoms with Gasteiger partial charge in [-0.15, -0.1) is 0 Å². The maximum Gasteiger partial charge on any atom is 0.290 e. The summed E-state index contributed by atoms with van der Waals surface area (Å²) in [4.78, 5) is 28.5. The molecule has 33 heavy (non-hydrogen) atoms. The molecule has 1 aliphatic rings. The zero-order valence-electron chi connectivity index (χ0n) is 19.5. The Balaban J connectivity index is 1.61. The van der Waals surface area contributed by atoms with E-state index < -0.39 is 5.41 Å². The number of rotatable bonds is 8. The van der Waals surface area contributed by atoms with Crippen molar-refractivity contribution in [3.05, 3.63) is 87.3 Å². The van der Waals surface area contributed by atoms with Gasteiger partial charge in [0.2, 0.25) is 0 Å². The Kier molecular flexibility index (Phi) is 7.20. The minimum Gasteiger partial charge on any atom is -0.299 e. The molecular formula is C27H32ClN3O2. The van der Waals surface area contributed by atoms with Gasteiger partial charge in [-0.2, -0.15) is 0 Å². The maximum absolute atomic E-state index is 13.1. The molecule has 0 bridgehead atoms. The van der Waals surface area contributed by atoms with Crippen molar-refractivity contribution in [1.82, 2.24) is 14.3 Å². The summed E-state index contributed by atoms with van der Waals surface area (Å²) in [6.45, 7) is 6.93. The molecule has 3 aromatic rings. The van der Waals surface area contributed by atoms with Crippen LogP contribution in [0.1, 0.15) is 50.8 Å². The normalized spacial score (nSPS) is 16.1. The first-order valence-electron chi connectivity index (χ1n) is 11.9. The fourth-order valence-electron chi connectivity index (χ4n) is 5.11. The largest absolute Gasteiger partial charge is 0.299 e. The summed E-state index contributed by atoms with van der Waals surface area (Å²) in [6.07, 6.45) is 2.99. The van der Waals surface area contributed by atoms with Gasteiger partial charge < -0.3 is 0 Å². The first-order chi connectivity index (χ1) is 16.0. The van der Waals surface area contributed by atoms with Crippen LogP contribution in [0.2, 0.25) is 5.02 Å². The molecule has 0 radical (unpaired) electrons. The van der Waals surface area contributed by atoms with Gasteiger partial charge in [-0.1, -0.05) is 74.0 Å². The second-order valence-electron chi connectivity index (χ2n) is 8.84. The number of carbonyl (C=O) groups excluding carboxylic acids is 1. The molecule has 1 aromatic heterocycles. The molecule has 2 aromatic carbocycles. The average Bonchev–Trinajstić information content (AvgIpc) is 3.09. The number of benzene rings is 2. The second-order valence-corrected chi connectivity index (χ2v) is 9.22. The van der Waals surface area contributed by atoms with Crippen LogP contribution in [0.15, 0.2) is 65.5 Å². The molecule has 0 atom stereocenters. The zero-order chi connectivity index (χ0) is 23.4. The van der Waals surface area contributed by atoms with Crippen molar-refractivity contribution in [1.29, 1.82) is 0 Å². The smallest absolute Gasteiger partial charge is 0.290 e. The fourth-order valence-corrected chi connectivity index (χ4v) is 5.35. The van der Waals surface area contributed by atoms with Crippen LogP contribution in [0.3, 0.4) is 0 Å². The molecular weight excluding hydrogens is 434 g/mol. The number of Topliss-reactive ketones (excluding diaryl/α,β-unsaturated/α-hetero) is 1. The van der Waals surface area contributed by atoms with Gasteiger partial charge in [0.1, 0.15) is 10.8 Å². The third kappa shape index (κ3) is 4.44. The van der Waals surface area contributed by atoms with Gasteiger partial charge in [-0.05, 0) is 50.0 Å². The number of piperidine rings is 1. The topological polar surface area (TPSA) is 47.2 Å². The predicted octanol–water partition coefficient (Wildman–Crippen LogP) is 5.22. The van der Waals surface area contributed by atoms with Crippen LogP contribution in [0.5, 0.6) is 0 Å². The standard InChI is InChI=1S/C27H32ClN3O2/c1-3-17-30-23(25(28)26(33)31(30)22-13-9-6-10-14-22)20-29-18-15-27(16-19-29,24(32)4-2)21-11-7-5-8-12-21/h5-14H,3-4,15-20H2,1-2H3. The van der Waals surface area contributed by atoms with Crippen LogP contribution in [0, 0.1) is 0 Å². The lowest BCUT2D eigenvalue weighted by Gasteiger charge is -2.41. The van der Waals surface area contributed by atoms with Crippen molar-refractivity contribution >= 4 is 17.4 Å². The van der Waals surface area contributed by atoms with E-state index in [4.69, 9.17) is 11.6 Å². The summed E-state index contributed by atoms with van der Waals surface area (Å²) in [5.41, 5.74) is 2.19. The average molecular weight is 466 g/mol. The molecule has 0 spiro atoms. The third-order valence-electron chi connectivity index (χ3n) is 6.89. The first-order valence-corrected chi connectivity index (χ1v) is 12.3. The van der Waals surface area contributed by atoms with E-state index >= 15 is 0 Å². The van der Waals surface area contributed by atoms with Crippen molar-refractivity contribution in [3.8, 4) is 5.69 Å². The maximum atomic E-state index is 13.1. The number of para-hydroxylation sites is 1. The lowest BCUT2D eigenvalue weighted by Crippen LogP contribution is -2.47. The fraction of sp³-hybridized carbons (Fsp3) is 0.407. The highest BCUT2D eigenvalue weighted by molar-refractivity contribution is 6.31. The van der Waals surface area contributed by atoms with Crippen LogP contribution in [-0.2, 0) is 23.3 Å². The van der Waals surface area contributed by atoms with Crippen LogP contribution in [0.4, 0.5) is 0 Å². The number of likely N-dealkylation sites (tertiary alicyclic amines) is 1. The molecule has 4 rings (SSSR count). The van der Waals surface area contributed by atoms with Crippen molar-refractivity contribution < 1.29 is 4.79 Å². The molecule has 1 saturated heterocycles. The lowest BCUT2D eigenvalue weighted by atomic mass is 9.69. The van der Waals surface area contributed by atoms with Gasteiger partial charge in [0.25, 0.3) is 5.56 Å². The minimum atomic E-state index is -0.421. The predicted molar refractivity (Wildman–Crippen MR) is 133 cm³/mol. The van der Waals surface area contributed by atoms with E-state index in [0.717, 1.165) is 49.3 Å². The van der Waals surface area contributed by atoms with E-state index in [0.29, 0.717) is 25.3 Å². The summed E-state index contributed by atoms with van der Waals surface area (Å²) in [7, 11) is 0. The van der Waals surface area contributed by atoms with E-state index in [9.17, 15) is 9.59 Å². The molecule has 0 saturated carbocycles. The molecule has 6 heteroatoms. The van der Waals surface area contributed by atoms with E-state index in [1.807, 2.05) is 60.1 Å². The minimum absolute atomic E-state index is 0.178. The Morgan fingerprint density at radius 2 is 1.58 bits per heavy atom. The Labute approximate surface area is 200 Å². The number of aromatic nitrogens is 2. The number of ketones is 1. The van der Waals surface area contributed by atoms with E-state index in [1.54, 1.807) is 4.68 Å². The summed E-state index contributed by atoms with van der Waals surface area (Å²) in [6, 6.07) is 19.8. The number of carbonyl (C=O) groups is 1. The molecule has 0 aliphatic carbocycles. The molecule has 0 unspecified atom stereocenters. The summed E-state index contributed by atoms with van der Waals surface area (Å²) >= 11 is 6.61. The van der Waals surface area contributed by atoms with Gasteiger partial charge >= 0.3 is 0 Å². The second kappa shape index (κ2) is 10.1. The lowest BCUT2D eigenvalue weighted by molar-refractivity contribution is -0.126. The van der Waals surface area contributed by atoms with Crippen molar-refractivity contribution in [2.45, 2.75) is 58.0 Å². The Morgan fingerprint density at radius 3 is 2.15 bits per heavy atom. The molecule has 0 amide bonds. The SMILES string of the molecule is CCCn1c(CN2CCC(C(=O)CC)(c3ccccc3)CC2)c(Cl)c(=O)n1-c1ccccc1. The Hall–Kier alpha value is -2.63. The third-order valence-corrected chi connectivity index (χ3v) is 7.27. The van der Waals surface area contributed by atoms with Crippen molar-refractivity contribution in [2.75, 3.05) is 13.1 Å². The van der Waals surface area contributed by atoms with Crippen molar-refractivity contribution in [2.24, 2.45) is 0 Å². The van der Waals surface area contributed by atoms with Crippen LogP contribution in [-0.4, -0.2) is 33.1 Å². The highest BCUT2D eigenvalue weighted by atomic mass is 35.5. The molecule has 1 aliphatic heterocycles. The van der Waals surface area contributed by atoms with E-state index in [2.05, 4.69) is 24.0 Å². The number of nitrogens with zero attached hydrogens (tertiary/aromatic N) is 3. The number of halogens is 1. The molecule has 2 heterocycles. The van der Waals surface area contributed by atoms with Crippen LogP contribution < -0.4 is 5.56 Å². The Bertz CT molecular complexity index is 1140. The van der Waals surface area contributed by atoms with Crippen molar-refractivity contribution in [3.63, 3.8) is 0 Å². The first kappa shape index (κ1) is 23.5. The summed E-state index contributed by atoms with van der Waals surface area (Å²) in [5, 5.41) is 0.289. The van der Waals surface area contributed by atoms with E-state index in [1.165, 1.54) is 0 Å².